The zero-order valence-corrected chi connectivity index (χ0v) is 10.5. The predicted molar refractivity (Wildman–Crippen MR) is 63.3 cm³/mol. The Hall–Kier alpha value is -1.42. The van der Waals surface area contributed by atoms with Crippen LogP contribution in [0.15, 0.2) is 18.2 Å². The van der Waals surface area contributed by atoms with Gasteiger partial charge in [0, 0.05) is 0 Å². The van der Waals surface area contributed by atoms with Crippen LogP contribution in [-0.2, 0) is 0 Å². The summed E-state index contributed by atoms with van der Waals surface area (Å²) in [7, 11) is 7.13. The van der Waals surface area contributed by atoms with E-state index in [1.165, 1.54) is 0 Å². The first-order chi connectivity index (χ1) is 7.60. The molecule has 0 spiro atoms. The van der Waals surface area contributed by atoms with Gasteiger partial charge in [0.25, 0.3) is 0 Å². The minimum atomic E-state index is -0.0507. The fourth-order valence-electron chi connectivity index (χ4n) is 1.21. The molecule has 0 fully saturated rings. The van der Waals surface area contributed by atoms with E-state index in [0.717, 1.165) is 0 Å². The normalized spacial score (nSPS) is 12.4. The average molecular weight is 225 g/mol. The summed E-state index contributed by atoms with van der Waals surface area (Å²) >= 11 is 0. The van der Waals surface area contributed by atoms with Crippen LogP contribution < -0.4 is 14.2 Å². The zero-order chi connectivity index (χ0) is 12.1. The maximum Gasteiger partial charge on any atom is 0.205 e. The lowest BCUT2D eigenvalue weighted by atomic mass is 10.3. The van der Waals surface area contributed by atoms with E-state index in [1.807, 2.05) is 44.1 Å². The lowest BCUT2D eigenvalue weighted by Gasteiger charge is -2.23. The smallest absolute Gasteiger partial charge is 0.205 e. The van der Waals surface area contributed by atoms with E-state index in [2.05, 4.69) is 0 Å². The van der Waals surface area contributed by atoms with E-state index in [9.17, 15) is 0 Å². The van der Waals surface area contributed by atoms with Gasteiger partial charge in [0.1, 0.15) is 6.23 Å². The van der Waals surface area contributed by atoms with Gasteiger partial charge in [-0.15, -0.1) is 0 Å². The van der Waals surface area contributed by atoms with Crippen molar-refractivity contribution in [1.82, 2.24) is 4.90 Å². The third kappa shape index (κ3) is 2.79. The first kappa shape index (κ1) is 12.6. The van der Waals surface area contributed by atoms with Crippen molar-refractivity contribution in [3.05, 3.63) is 18.2 Å². The largest absolute Gasteiger partial charge is 0.493 e. The molecule has 90 valence electrons. The summed E-state index contributed by atoms with van der Waals surface area (Å²) < 4.78 is 16.3. The minimum Gasteiger partial charge on any atom is -0.493 e. The Labute approximate surface area is 96.7 Å². The second-order valence-electron chi connectivity index (χ2n) is 3.67. The molecule has 1 atom stereocenters. The molecule has 0 radical (unpaired) electrons. The lowest BCUT2D eigenvalue weighted by Crippen LogP contribution is -2.30. The number of rotatable bonds is 5. The molecule has 0 bridgehead atoms. The summed E-state index contributed by atoms with van der Waals surface area (Å²) in [5, 5.41) is 0. The van der Waals surface area contributed by atoms with E-state index < -0.39 is 0 Å². The summed E-state index contributed by atoms with van der Waals surface area (Å²) in [4.78, 5) is 1.96. The maximum atomic E-state index is 5.80. The van der Waals surface area contributed by atoms with E-state index in [1.54, 1.807) is 14.2 Å². The van der Waals surface area contributed by atoms with Crippen LogP contribution in [0.2, 0.25) is 0 Å². The van der Waals surface area contributed by atoms with Crippen molar-refractivity contribution in [2.24, 2.45) is 0 Å². The fraction of sp³-hybridized carbons (Fsp3) is 0.500. The molecule has 0 aliphatic carbocycles. The predicted octanol–water partition coefficient (Wildman–Crippen LogP) is 1.99. The molecule has 1 rings (SSSR count). The molecular weight excluding hydrogens is 206 g/mol. The number of para-hydroxylation sites is 1. The first-order valence-corrected chi connectivity index (χ1v) is 5.14. The standard InChI is InChI=1S/C12H19NO3/c1-9(13(2)3)16-12-10(14-4)7-6-8-11(12)15-5/h6-9H,1-5H3. The van der Waals surface area contributed by atoms with Crippen molar-refractivity contribution in [3.63, 3.8) is 0 Å². The molecule has 0 aliphatic heterocycles. The van der Waals surface area contributed by atoms with Crippen molar-refractivity contribution >= 4 is 0 Å². The Bertz CT molecular complexity index is 317. The van der Waals surface area contributed by atoms with Gasteiger partial charge in [-0.25, -0.2) is 0 Å². The number of hydrogen-bond acceptors (Lipinski definition) is 4. The lowest BCUT2D eigenvalue weighted by molar-refractivity contribution is 0.0753. The molecule has 0 heterocycles. The number of ether oxygens (including phenoxy) is 3. The van der Waals surface area contributed by atoms with E-state index in [4.69, 9.17) is 14.2 Å². The Kier molecular flexibility index (Phi) is 4.43. The molecule has 4 heteroatoms. The molecule has 0 aromatic heterocycles. The van der Waals surface area contributed by atoms with Crippen molar-refractivity contribution in [2.75, 3.05) is 28.3 Å². The third-order valence-electron chi connectivity index (χ3n) is 2.40. The topological polar surface area (TPSA) is 30.9 Å². The second-order valence-corrected chi connectivity index (χ2v) is 3.67. The highest BCUT2D eigenvalue weighted by Crippen LogP contribution is 2.37. The molecule has 4 nitrogen and oxygen atoms in total. The highest BCUT2D eigenvalue weighted by Gasteiger charge is 2.15. The van der Waals surface area contributed by atoms with Gasteiger partial charge in [-0.2, -0.15) is 0 Å². The van der Waals surface area contributed by atoms with Crippen molar-refractivity contribution in [2.45, 2.75) is 13.2 Å². The molecule has 0 saturated heterocycles. The average Bonchev–Trinajstić information content (AvgIpc) is 2.29. The fourth-order valence-corrected chi connectivity index (χ4v) is 1.21. The Balaban J connectivity index is 2.99. The monoisotopic (exact) mass is 225 g/mol. The molecule has 1 aromatic carbocycles. The van der Waals surface area contributed by atoms with E-state index in [0.29, 0.717) is 17.2 Å². The third-order valence-corrected chi connectivity index (χ3v) is 2.40. The van der Waals surface area contributed by atoms with Crippen LogP contribution in [0.25, 0.3) is 0 Å². The van der Waals surface area contributed by atoms with Crippen molar-refractivity contribution in [1.29, 1.82) is 0 Å². The van der Waals surface area contributed by atoms with Gasteiger partial charge >= 0.3 is 0 Å². The Morgan fingerprint density at radius 1 is 1.06 bits per heavy atom. The molecule has 0 saturated carbocycles. The van der Waals surface area contributed by atoms with Gasteiger partial charge in [-0.1, -0.05) is 6.07 Å². The molecular formula is C12H19NO3. The first-order valence-electron chi connectivity index (χ1n) is 5.14. The number of hydrogen-bond donors (Lipinski definition) is 0. The highest BCUT2D eigenvalue weighted by atomic mass is 16.5. The van der Waals surface area contributed by atoms with Crippen LogP contribution in [0, 0.1) is 0 Å². The van der Waals surface area contributed by atoms with Gasteiger partial charge in [-0.05, 0) is 33.2 Å². The van der Waals surface area contributed by atoms with E-state index in [-0.39, 0.29) is 6.23 Å². The SMILES string of the molecule is COc1cccc(OC)c1OC(C)N(C)C. The molecule has 0 aliphatic rings. The molecule has 0 amide bonds. The second kappa shape index (κ2) is 5.61. The summed E-state index contributed by atoms with van der Waals surface area (Å²) in [5.41, 5.74) is 0. The molecule has 1 aromatic rings. The van der Waals surface area contributed by atoms with Crippen LogP contribution in [-0.4, -0.2) is 39.4 Å². The summed E-state index contributed by atoms with van der Waals surface area (Å²) in [6, 6.07) is 5.56. The number of benzene rings is 1. The maximum absolute atomic E-state index is 5.80. The van der Waals surface area contributed by atoms with Gasteiger partial charge in [0.2, 0.25) is 5.75 Å². The van der Waals surface area contributed by atoms with E-state index >= 15 is 0 Å². The molecule has 16 heavy (non-hydrogen) atoms. The zero-order valence-electron chi connectivity index (χ0n) is 10.5. The van der Waals surface area contributed by atoms with Gasteiger partial charge in [-0.3, -0.25) is 4.90 Å². The van der Waals surface area contributed by atoms with Gasteiger partial charge in [0.15, 0.2) is 11.5 Å². The summed E-state index contributed by atoms with van der Waals surface area (Å²) in [6.07, 6.45) is -0.0507. The van der Waals surface area contributed by atoms with Crippen LogP contribution in [0.5, 0.6) is 17.2 Å². The number of nitrogens with zero attached hydrogens (tertiary/aromatic N) is 1. The van der Waals surface area contributed by atoms with Gasteiger partial charge in [0.05, 0.1) is 14.2 Å². The van der Waals surface area contributed by atoms with Gasteiger partial charge < -0.3 is 14.2 Å². The Morgan fingerprint density at radius 3 is 1.94 bits per heavy atom. The van der Waals surface area contributed by atoms with Crippen LogP contribution >= 0.6 is 0 Å². The Morgan fingerprint density at radius 2 is 1.56 bits per heavy atom. The number of methoxy groups -OCH3 is 2. The summed E-state index contributed by atoms with van der Waals surface area (Å²) in [6.45, 7) is 1.96. The van der Waals surface area contributed by atoms with Crippen molar-refractivity contribution < 1.29 is 14.2 Å². The molecule has 1 unspecified atom stereocenters. The highest BCUT2D eigenvalue weighted by molar-refractivity contribution is 5.51. The quantitative estimate of drug-likeness (QED) is 0.717. The minimum absolute atomic E-state index is 0.0507. The van der Waals surface area contributed by atoms with Crippen LogP contribution in [0.3, 0.4) is 0 Å². The summed E-state index contributed by atoms with van der Waals surface area (Å²) in [5.74, 6) is 1.98. The molecule has 0 N–H and O–H groups in total. The van der Waals surface area contributed by atoms with Crippen LogP contribution in [0.4, 0.5) is 0 Å². The van der Waals surface area contributed by atoms with Crippen LogP contribution in [0.1, 0.15) is 6.92 Å². The van der Waals surface area contributed by atoms with Crippen molar-refractivity contribution in [3.8, 4) is 17.2 Å².